The Morgan fingerprint density at radius 2 is 2.35 bits per heavy atom. The van der Waals surface area contributed by atoms with Gasteiger partial charge in [0.2, 0.25) is 0 Å². The molecule has 1 aromatic heterocycles. The molecule has 1 aliphatic heterocycles. The Hall–Kier alpha value is -0.490. The number of rotatable bonds is 7. The molecule has 1 saturated heterocycles. The van der Waals surface area contributed by atoms with Gasteiger partial charge in [-0.1, -0.05) is 6.92 Å². The Morgan fingerprint density at radius 3 is 3.10 bits per heavy atom. The van der Waals surface area contributed by atoms with E-state index in [2.05, 4.69) is 41.5 Å². The van der Waals surface area contributed by atoms with Crippen LogP contribution in [-0.4, -0.2) is 54.6 Å². The van der Waals surface area contributed by atoms with Crippen molar-refractivity contribution in [1.82, 2.24) is 20.1 Å². The first-order valence-electron chi connectivity index (χ1n) is 7.71. The predicted octanol–water partition coefficient (Wildman–Crippen LogP) is 2.17. The molecule has 0 saturated carbocycles. The van der Waals surface area contributed by atoms with E-state index in [1.54, 1.807) is 11.3 Å². The number of hydrogen-bond donors (Lipinski definition) is 1. The van der Waals surface area contributed by atoms with Crippen LogP contribution in [0.25, 0.3) is 0 Å². The third kappa shape index (κ3) is 4.81. The topological polar surface area (TPSA) is 31.4 Å². The van der Waals surface area contributed by atoms with E-state index in [0.717, 1.165) is 19.6 Å². The van der Waals surface area contributed by atoms with Crippen LogP contribution >= 0.6 is 11.3 Å². The smallest absolute Gasteiger partial charge is 0.107 e. The number of aromatic nitrogens is 1. The van der Waals surface area contributed by atoms with E-state index in [-0.39, 0.29) is 0 Å². The summed E-state index contributed by atoms with van der Waals surface area (Å²) in [5.74, 6) is 0. The van der Waals surface area contributed by atoms with Crippen LogP contribution < -0.4 is 5.32 Å². The Kier molecular flexibility index (Phi) is 6.42. The number of likely N-dealkylation sites (tertiary alicyclic amines) is 1. The number of nitrogens with zero attached hydrogens (tertiary/aromatic N) is 3. The molecule has 4 nitrogen and oxygen atoms in total. The van der Waals surface area contributed by atoms with Gasteiger partial charge in [-0.2, -0.15) is 0 Å². The molecule has 20 heavy (non-hydrogen) atoms. The van der Waals surface area contributed by atoms with Crippen molar-refractivity contribution in [2.45, 2.75) is 45.3 Å². The molecule has 1 unspecified atom stereocenters. The molecular weight excluding hydrogens is 268 g/mol. The second-order valence-electron chi connectivity index (χ2n) is 5.90. The van der Waals surface area contributed by atoms with Crippen LogP contribution in [0.2, 0.25) is 0 Å². The van der Waals surface area contributed by atoms with Gasteiger partial charge >= 0.3 is 0 Å². The molecule has 1 aliphatic rings. The summed E-state index contributed by atoms with van der Waals surface area (Å²) < 4.78 is 0. The number of piperidine rings is 1. The predicted molar refractivity (Wildman–Crippen MR) is 86.1 cm³/mol. The molecule has 0 amide bonds. The fraction of sp³-hybridized carbons (Fsp3) is 0.800. The molecule has 0 aromatic carbocycles. The summed E-state index contributed by atoms with van der Waals surface area (Å²) in [6.45, 7) is 7.58. The molecule has 0 spiro atoms. The largest absolute Gasteiger partial charge is 0.310 e. The maximum atomic E-state index is 4.75. The molecule has 5 heteroatoms. The first-order valence-corrected chi connectivity index (χ1v) is 8.59. The molecule has 0 bridgehead atoms. The highest BCUT2D eigenvalue weighted by molar-refractivity contribution is 7.09. The summed E-state index contributed by atoms with van der Waals surface area (Å²) in [6, 6.07) is 0.702. The molecule has 1 aromatic rings. The maximum absolute atomic E-state index is 4.75. The van der Waals surface area contributed by atoms with Crippen LogP contribution in [0.5, 0.6) is 0 Å². The van der Waals surface area contributed by atoms with Gasteiger partial charge in [-0.05, 0) is 46.4 Å². The number of nitrogens with one attached hydrogen (secondary N) is 1. The van der Waals surface area contributed by atoms with Gasteiger partial charge < -0.3 is 10.2 Å². The van der Waals surface area contributed by atoms with Crippen molar-refractivity contribution in [2.24, 2.45) is 0 Å². The van der Waals surface area contributed by atoms with E-state index in [1.807, 2.05) is 0 Å². The van der Waals surface area contributed by atoms with Gasteiger partial charge in [0.1, 0.15) is 5.01 Å². The molecule has 2 heterocycles. The van der Waals surface area contributed by atoms with Crippen LogP contribution in [0.3, 0.4) is 0 Å². The van der Waals surface area contributed by atoms with Crippen molar-refractivity contribution in [1.29, 1.82) is 0 Å². The summed E-state index contributed by atoms with van der Waals surface area (Å²) in [5, 5.41) is 6.86. The van der Waals surface area contributed by atoms with E-state index in [4.69, 9.17) is 4.98 Å². The van der Waals surface area contributed by atoms with E-state index in [9.17, 15) is 0 Å². The molecule has 114 valence electrons. The summed E-state index contributed by atoms with van der Waals surface area (Å²) in [7, 11) is 4.38. The summed E-state index contributed by atoms with van der Waals surface area (Å²) in [6.07, 6.45) is 3.81. The lowest BCUT2D eigenvalue weighted by atomic mass is 10.0. The number of hydrogen-bond acceptors (Lipinski definition) is 5. The van der Waals surface area contributed by atoms with Crippen molar-refractivity contribution in [3.05, 3.63) is 16.1 Å². The molecule has 1 fully saturated rings. The van der Waals surface area contributed by atoms with Crippen molar-refractivity contribution in [2.75, 3.05) is 33.7 Å². The van der Waals surface area contributed by atoms with Gasteiger partial charge in [-0.3, -0.25) is 4.90 Å². The molecule has 0 radical (unpaired) electrons. The van der Waals surface area contributed by atoms with Crippen LogP contribution in [-0.2, 0) is 13.1 Å². The van der Waals surface area contributed by atoms with Crippen molar-refractivity contribution < 1.29 is 0 Å². The van der Waals surface area contributed by atoms with Crippen LogP contribution in [0.15, 0.2) is 5.38 Å². The second-order valence-corrected chi connectivity index (χ2v) is 6.85. The highest BCUT2D eigenvalue weighted by Crippen LogP contribution is 2.17. The standard InChI is InChI=1S/C15H28N4S/c1-4-7-16-9-15-17-13(12-20-15)10-19-8-5-6-14(11-19)18(2)3/h12,14,16H,4-11H2,1-3H3. The first-order chi connectivity index (χ1) is 9.69. The zero-order chi connectivity index (χ0) is 14.4. The lowest BCUT2D eigenvalue weighted by Gasteiger charge is -2.35. The van der Waals surface area contributed by atoms with E-state index >= 15 is 0 Å². The molecule has 1 N–H and O–H groups in total. The minimum absolute atomic E-state index is 0.702. The Labute approximate surface area is 127 Å². The maximum Gasteiger partial charge on any atom is 0.107 e. The monoisotopic (exact) mass is 296 g/mol. The summed E-state index contributed by atoms with van der Waals surface area (Å²) >= 11 is 1.78. The molecule has 0 aliphatic carbocycles. The van der Waals surface area contributed by atoms with Crippen LogP contribution in [0.1, 0.15) is 36.9 Å². The lowest BCUT2D eigenvalue weighted by molar-refractivity contribution is 0.127. The highest BCUT2D eigenvalue weighted by Gasteiger charge is 2.21. The van der Waals surface area contributed by atoms with E-state index in [0.29, 0.717) is 6.04 Å². The lowest BCUT2D eigenvalue weighted by Crippen LogP contribution is -2.44. The van der Waals surface area contributed by atoms with Crippen LogP contribution in [0, 0.1) is 0 Å². The Morgan fingerprint density at radius 1 is 1.50 bits per heavy atom. The minimum atomic E-state index is 0.702. The van der Waals surface area contributed by atoms with E-state index in [1.165, 1.54) is 43.1 Å². The van der Waals surface area contributed by atoms with Crippen LogP contribution in [0.4, 0.5) is 0 Å². The Balaban J connectivity index is 1.80. The molecular formula is C15H28N4S. The third-order valence-electron chi connectivity index (χ3n) is 3.90. The second kappa shape index (κ2) is 8.08. The van der Waals surface area contributed by atoms with Crippen molar-refractivity contribution >= 4 is 11.3 Å². The normalized spacial score (nSPS) is 20.7. The minimum Gasteiger partial charge on any atom is -0.310 e. The quantitative estimate of drug-likeness (QED) is 0.782. The SMILES string of the molecule is CCCNCc1nc(CN2CCCC(N(C)C)C2)cs1. The average Bonchev–Trinajstić information content (AvgIpc) is 2.87. The summed E-state index contributed by atoms with van der Waals surface area (Å²) in [4.78, 5) is 9.65. The van der Waals surface area contributed by atoms with Gasteiger partial charge in [-0.15, -0.1) is 11.3 Å². The average molecular weight is 296 g/mol. The van der Waals surface area contributed by atoms with Gasteiger partial charge in [-0.25, -0.2) is 4.98 Å². The molecule has 1 atom stereocenters. The summed E-state index contributed by atoms with van der Waals surface area (Å²) in [5.41, 5.74) is 1.24. The third-order valence-corrected chi connectivity index (χ3v) is 4.80. The van der Waals surface area contributed by atoms with Gasteiger partial charge in [0.05, 0.1) is 5.69 Å². The Bertz CT molecular complexity index is 391. The van der Waals surface area contributed by atoms with Crippen molar-refractivity contribution in [3.8, 4) is 0 Å². The van der Waals surface area contributed by atoms with Gasteiger partial charge in [0.25, 0.3) is 0 Å². The number of thiazole rings is 1. The van der Waals surface area contributed by atoms with Gasteiger partial charge in [0.15, 0.2) is 0 Å². The zero-order valence-electron chi connectivity index (χ0n) is 13.1. The van der Waals surface area contributed by atoms with Crippen molar-refractivity contribution in [3.63, 3.8) is 0 Å². The zero-order valence-corrected chi connectivity index (χ0v) is 13.9. The molecule has 2 rings (SSSR count). The fourth-order valence-corrected chi connectivity index (χ4v) is 3.45. The fourth-order valence-electron chi connectivity index (χ4n) is 2.70. The highest BCUT2D eigenvalue weighted by atomic mass is 32.1. The first kappa shape index (κ1) is 15.9. The number of likely N-dealkylation sites (N-methyl/N-ethyl adjacent to an activating group) is 1. The van der Waals surface area contributed by atoms with Gasteiger partial charge in [0, 0.05) is 31.1 Å². The van der Waals surface area contributed by atoms with E-state index < -0.39 is 0 Å².